The first-order valence-corrected chi connectivity index (χ1v) is 17.4. The molecule has 0 saturated heterocycles. The van der Waals surface area contributed by atoms with Crippen molar-refractivity contribution in [3.63, 3.8) is 0 Å². The van der Waals surface area contributed by atoms with Crippen molar-refractivity contribution in [2.75, 3.05) is 14.1 Å². The molecule has 53 heavy (non-hydrogen) atoms. The summed E-state index contributed by atoms with van der Waals surface area (Å²) in [7, 11) is -7.40. The smallest absolute Gasteiger partial charge is 0.266 e. The number of aromatic nitrogens is 5. The molecule has 284 valence electrons. The molecule has 0 aliphatic heterocycles. The molecule has 0 aliphatic carbocycles. The summed E-state index contributed by atoms with van der Waals surface area (Å²) in [4.78, 5) is 15.4. The summed E-state index contributed by atoms with van der Waals surface area (Å²) < 4.78 is 189. The lowest BCUT2D eigenvalue weighted by molar-refractivity contribution is -0.695. The maximum absolute atomic E-state index is 14.4. The molecule has 3 heterocycles. The van der Waals surface area contributed by atoms with Crippen LogP contribution >= 0.6 is 0 Å². The second-order valence-electron chi connectivity index (χ2n) is 11.3. The predicted octanol–water partition coefficient (Wildman–Crippen LogP) is 5.37. The number of nitrogens with zero attached hydrogens (tertiary/aromatic N) is 7. The second-order valence-corrected chi connectivity index (χ2v) is 15.5. The standard InChI is InChI=1S/C29H24F10N9O3S2/c1-44-25(49)12-18(53(41,51)46(3)27(29(37,38)39)16-5-7-20(31)22(33)9-16)13-47(44)24-11-17(10-23-42-14-43-48(23)24)52(40,50)45(2)26(28(34,35)36)15-4-6-19(30)21(32)8-15/h4-14,26-27,40-41H,1-3H3/q+1. The number of nitrogens with one attached hydrogen (secondary N) is 2. The molecule has 0 aliphatic rings. The number of pyridine rings is 1. The third kappa shape index (κ3) is 7.22. The van der Waals surface area contributed by atoms with Gasteiger partial charge in [0.05, 0.1) is 18.0 Å². The van der Waals surface area contributed by atoms with E-state index >= 15 is 0 Å². The zero-order chi connectivity index (χ0) is 39.6. The first-order chi connectivity index (χ1) is 24.4. The van der Waals surface area contributed by atoms with Crippen LogP contribution in [0, 0.1) is 32.8 Å². The first-order valence-electron chi connectivity index (χ1n) is 14.4. The van der Waals surface area contributed by atoms with Gasteiger partial charge in [-0.1, -0.05) is 21.7 Å². The third-order valence-corrected chi connectivity index (χ3v) is 11.8. The molecule has 3 aromatic heterocycles. The Morgan fingerprint density at radius 1 is 0.736 bits per heavy atom. The summed E-state index contributed by atoms with van der Waals surface area (Å²) in [6.45, 7) is 0. The van der Waals surface area contributed by atoms with E-state index in [2.05, 4.69) is 10.1 Å². The molecule has 12 nitrogen and oxygen atoms in total. The van der Waals surface area contributed by atoms with E-state index in [1.165, 1.54) is 0 Å². The summed E-state index contributed by atoms with van der Waals surface area (Å²) in [6.07, 6.45) is -9.03. The number of benzene rings is 2. The molecule has 24 heteroatoms. The Bertz CT molecular complexity index is 2520. The fraction of sp³-hybridized carbons (Fsp3) is 0.241. The molecule has 0 radical (unpaired) electrons. The van der Waals surface area contributed by atoms with Crippen molar-refractivity contribution in [2.24, 2.45) is 7.05 Å². The van der Waals surface area contributed by atoms with Gasteiger partial charge in [0.25, 0.3) is 11.2 Å². The van der Waals surface area contributed by atoms with E-state index in [-0.39, 0.29) is 26.4 Å². The maximum Gasteiger partial charge on any atom is 0.409 e. The molecule has 0 saturated carbocycles. The minimum absolute atomic E-state index is 0.0264. The van der Waals surface area contributed by atoms with Crippen molar-refractivity contribution in [3.05, 3.63) is 112 Å². The third-order valence-electron chi connectivity index (χ3n) is 8.04. The van der Waals surface area contributed by atoms with E-state index in [0.717, 1.165) is 45.6 Å². The van der Waals surface area contributed by atoms with Gasteiger partial charge in [-0.3, -0.25) is 4.79 Å². The van der Waals surface area contributed by atoms with Crippen molar-refractivity contribution >= 4 is 25.5 Å². The minimum atomic E-state index is -5.34. The molecule has 2 aromatic carbocycles. The number of rotatable bonds is 9. The SMILES string of the molecule is CN(C(c1ccc(F)c(F)c1)C(F)(F)F)S(=N)(=O)c1cc(-[n+]2cc(S(=N)(=O)N(C)C(c3ccc(F)c(F)c3)C(F)(F)F)cc(=O)n2C)n2ncnc2c1. The van der Waals surface area contributed by atoms with Crippen LogP contribution in [0.4, 0.5) is 43.9 Å². The Morgan fingerprint density at radius 3 is 1.66 bits per heavy atom. The van der Waals surface area contributed by atoms with Crippen LogP contribution in [0.15, 0.2) is 81.7 Å². The highest BCUT2D eigenvalue weighted by molar-refractivity contribution is 7.90. The largest absolute Gasteiger partial charge is 0.409 e. The average molecular weight is 801 g/mol. The molecule has 5 rings (SSSR count). The van der Waals surface area contributed by atoms with Crippen molar-refractivity contribution in [2.45, 2.75) is 34.2 Å². The summed E-state index contributed by atoms with van der Waals surface area (Å²) in [5, 5.41) is 3.92. The van der Waals surface area contributed by atoms with Gasteiger partial charge in [0, 0.05) is 26.2 Å². The van der Waals surface area contributed by atoms with Gasteiger partial charge in [-0.15, -0.1) is 4.68 Å². The number of hydrogen-bond donors (Lipinski definition) is 2. The molecule has 0 spiro atoms. The van der Waals surface area contributed by atoms with E-state index in [0.29, 0.717) is 44.4 Å². The van der Waals surface area contributed by atoms with Gasteiger partial charge in [-0.05, 0) is 35.4 Å². The molecule has 4 unspecified atom stereocenters. The lowest BCUT2D eigenvalue weighted by Gasteiger charge is -2.31. The number of fused-ring (bicyclic) bond motifs is 1. The van der Waals surface area contributed by atoms with Crippen LogP contribution < -0.4 is 10.2 Å². The van der Waals surface area contributed by atoms with E-state index in [9.17, 15) is 57.1 Å². The summed E-state index contributed by atoms with van der Waals surface area (Å²) in [6, 6.07) is -1.34. The maximum atomic E-state index is 14.4. The lowest BCUT2D eigenvalue weighted by Crippen LogP contribution is -2.51. The van der Waals surface area contributed by atoms with Gasteiger partial charge in [0.2, 0.25) is 0 Å². The van der Waals surface area contributed by atoms with E-state index in [4.69, 9.17) is 9.56 Å². The predicted molar refractivity (Wildman–Crippen MR) is 164 cm³/mol. The quantitative estimate of drug-likeness (QED) is 0.152. The van der Waals surface area contributed by atoms with Crippen molar-refractivity contribution < 1.29 is 57.0 Å². The van der Waals surface area contributed by atoms with E-state index < -0.39 is 99.8 Å². The van der Waals surface area contributed by atoms with Crippen molar-refractivity contribution in [3.8, 4) is 5.82 Å². The number of alkyl halides is 6. The molecule has 5 aromatic rings. The first kappa shape index (κ1) is 39.3. The molecule has 0 amide bonds. The molecule has 4 atom stereocenters. The Kier molecular flexibility index (Phi) is 9.99. The number of halogens is 10. The normalized spacial score (nSPS) is 16.1. The molecular formula is C29H24F10N9O3S2+. The van der Waals surface area contributed by atoms with Gasteiger partial charge < -0.3 is 0 Å². The summed E-state index contributed by atoms with van der Waals surface area (Å²) in [5.74, 6) is -6.76. The van der Waals surface area contributed by atoms with Crippen LogP contribution in [0.3, 0.4) is 0 Å². The molecule has 0 fully saturated rings. The van der Waals surface area contributed by atoms with Crippen LogP contribution in [-0.2, 0) is 26.9 Å². The highest BCUT2D eigenvalue weighted by Crippen LogP contribution is 2.41. The highest BCUT2D eigenvalue weighted by atomic mass is 32.2. The van der Waals surface area contributed by atoms with Crippen molar-refractivity contribution in [1.82, 2.24) is 27.9 Å². The molecule has 2 N–H and O–H groups in total. The van der Waals surface area contributed by atoms with Crippen LogP contribution in [0.2, 0.25) is 0 Å². The van der Waals surface area contributed by atoms with Crippen LogP contribution in [0.5, 0.6) is 0 Å². The fourth-order valence-corrected chi connectivity index (χ4v) is 8.12. The van der Waals surface area contributed by atoms with Gasteiger partial charge >= 0.3 is 18.2 Å². The summed E-state index contributed by atoms with van der Waals surface area (Å²) >= 11 is 0. The number of hydrogen-bond acceptors (Lipinski definition) is 7. The Labute approximate surface area is 292 Å². The second kappa shape index (κ2) is 13.5. The van der Waals surface area contributed by atoms with Crippen LogP contribution in [0.1, 0.15) is 23.2 Å². The lowest BCUT2D eigenvalue weighted by atomic mass is 10.1. The molecular weight excluding hydrogens is 776 g/mol. The molecule has 0 bridgehead atoms. The zero-order valence-electron chi connectivity index (χ0n) is 27.0. The van der Waals surface area contributed by atoms with Crippen LogP contribution in [-0.4, -0.2) is 62.8 Å². The summed E-state index contributed by atoms with van der Waals surface area (Å²) in [5.41, 5.74) is -3.28. The van der Waals surface area contributed by atoms with E-state index in [1.54, 1.807) is 0 Å². The monoisotopic (exact) mass is 800 g/mol. The Balaban J connectivity index is 1.67. The Hall–Kier alpha value is -4.94. The van der Waals surface area contributed by atoms with Gasteiger partial charge in [0.1, 0.15) is 43.0 Å². The van der Waals surface area contributed by atoms with Gasteiger partial charge in [-0.2, -0.15) is 36.0 Å². The highest BCUT2D eigenvalue weighted by Gasteiger charge is 2.49. The van der Waals surface area contributed by atoms with E-state index in [1.807, 2.05) is 0 Å². The van der Waals surface area contributed by atoms with Crippen LogP contribution in [0.25, 0.3) is 11.5 Å². The topological polar surface area (TPSA) is 144 Å². The average Bonchev–Trinajstić information content (AvgIpc) is 3.53. The zero-order valence-corrected chi connectivity index (χ0v) is 28.6. The fourth-order valence-electron chi connectivity index (χ4n) is 5.35. The van der Waals surface area contributed by atoms with Gasteiger partial charge in [-0.25, -0.2) is 44.1 Å². The van der Waals surface area contributed by atoms with Gasteiger partial charge in [0.15, 0.2) is 29.6 Å². The Morgan fingerprint density at radius 2 is 1.21 bits per heavy atom. The van der Waals surface area contributed by atoms with Crippen molar-refractivity contribution in [1.29, 1.82) is 9.56 Å². The minimum Gasteiger partial charge on any atom is -0.266 e.